The number of benzene rings is 1. The van der Waals surface area contributed by atoms with Gasteiger partial charge in [0.15, 0.2) is 18.1 Å². The molecule has 1 aromatic rings. The fourth-order valence-electron chi connectivity index (χ4n) is 1.09. The molecule has 0 aromatic heterocycles. The molecule has 17 heavy (non-hydrogen) atoms. The van der Waals surface area contributed by atoms with Crippen LogP contribution in [0.4, 0.5) is 0 Å². The van der Waals surface area contributed by atoms with E-state index in [1.54, 1.807) is 12.1 Å². The number of hydrogen-bond acceptors (Lipinski definition) is 5. The predicted molar refractivity (Wildman–Crippen MR) is 60.3 cm³/mol. The van der Waals surface area contributed by atoms with Crippen molar-refractivity contribution in [1.29, 1.82) is 5.26 Å². The van der Waals surface area contributed by atoms with Crippen LogP contribution in [-0.4, -0.2) is 24.8 Å². The molecular weight excluding hydrogens is 222 g/mol. The third-order valence-electron chi connectivity index (χ3n) is 1.89. The summed E-state index contributed by atoms with van der Waals surface area (Å²) in [7, 11) is 1.28. The second-order valence-electron chi connectivity index (χ2n) is 3.03. The zero-order chi connectivity index (χ0) is 12.7. The normalized spacial score (nSPS) is 9.88. The SMILES string of the molecule is COC(=O)C=Cc1ccc(O)c(OCC#N)c1. The van der Waals surface area contributed by atoms with Crippen molar-refractivity contribution in [2.24, 2.45) is 0 Å². The molecule has 0 aliphatic heterocycles. The third kappa shape index (κ3) is 3.87. The molecule has 5 nitrogen and oxygen atoms in total. The summed E-state index contributed by atoms with van der Waals surface area (Å²) in [5, 5.41) is 17.8. The average molecular weight is 233 g/mol. The average Bonchev–Trinajstić information content (AvgIpc) is 2.35. The lowest BCUT2D eigenvalue weighted by molar-refractivity contribution is -0.134. The van der Waals surface area contributed by atoms with Crippen LogP contribution in [0.25, 0.3) is 6.08 Å². The summed E-state index contributed by atoms with van der Waals surface area (Å²) in [6.45, 7) is -0.155. The maximum atomic E-state index is 10.9. The minimum atomic E-state index is -0.474. The Balaban J connectivity index is 2.85. The number of carbonyl (C=O) groups is 1. The molecule has 0 aliphatic carbocycles. The molecule has 0 radical (unpaired) electrons. The van der Waals surface area contributed by atoms with E-state index in [9.17, 15) is 9.90 Å². The highest BCUT2D eigenvalue weighted by Gasteiger charge is 2.02. The molecular formula is C12H11NO4. The number of nitriles is 1. The van der Waals surface area contributed by atoms with Gasteiger partial charge in [-0.05, 0) is 23.8 Å². The molecule has 5 heteroatoms. The van der Waals surface area contributed by atoms with E-state index in [1.165, 1.54) is 31.4 Å². The first-order valence-corrected chi connectivity index (χ1v) is 4.76. The highest BCUT2D eigenvalue weighted by atomic mass is 16.5. The highest BCUT2D eigenvalue weighted by Crippen LogP contribution is 2.27. The first-order chi connectivity index (χ1) is 8.17. The second-order valence-corrected chi connectivity index (χ2v) is 3.03. The van der Waals surface area contributed by atoms with Crippen LogP contribution in [0.15, 0.2) is 24.3 Å². The lowest BCUT2D eigenvalue weighted by atomic mass is 10.2. The molecule has 0 spiro atoms. The predicted octanol–water partition coefficient (Wildman–Crippen LogP) is 1.48. The van der Waals surface area contributed by atoms with Crippen LogP contribution in [0.3, 0.4) is 0 Å². The van der Waals surface area contributed by atoms with Gasteiger partial charge in [0.25, 0.3) is 0 Å². The molecule has 0 unspecified atom stereocenters. The molecule has 0 fully saturated rings. The summed E-state index contributed by atoms with van der Waals surface area (Å²) >= 11 is 0. The van der Waals surface area contributed by atoms with E-state index in [4.69, 9.17) is 10.00 Å². The van der Waals surface area contributed by atoms with Gasteiger partial charge < -0.3 is 14.6 Å². The van der Waals surface area contributed by atoms with Gasteiger partial charge in [0.05, 0.1) is 7.11 Å². The topological polar surface area (TPSA) is 79.6 Å². The molecule has 0 saturated heterocycles. The van der Waals surface area contributed by atoms with Crippen LogP contribution in [0, 0.1) is 11.3 Å². The number of methoxy groups -OCH3 is 1. The Morgan fingerprint density at radius 1 is 1.59 bits per heavy atom. The quantitative estimate of drug-likeness (QED) is 0.629. The van der Waals surface area contributed by atoms with Crippen LogP contribution in [0.2, 0.25) is 0 Å². The van der Waals surface area contributed by atoms with Crippen molar-refractivity contribution in [3.8, 4) is 17.6 Å². The fourth-order valence-corrected chi connectivity index (χ4v) is 1.09. The first kappa shape index (κ1) is 12.6. The van der Waals surface area contributed by atoms with E-state index >= 15 is 0 Å². The number of hydrogen-bond donors (Lipinski definition) is 1. The van der Waals surface area contributed by atoms with Crippen molar-refractivity contribution >= 4 is 12.0 Å². The molecule has 0 bridgehead atoms. The standard InChI is InChI=1S/C12H11NO4/c1-16-12(15)5-3-9-2-4-10(14)11(8-9)17-7-6-13/h2-5,8,14H,7H2,1H3. The highest BCUT2D eigenvalue weighted by molar-refractivity contribution is 5.87. The lowest BCUT2D eigenvalue weighted by Gasteiger charge is -2.05. The maximum absolute atomic E-state index is 10.9. The second kappa shape index (κ2) is 6.18. The van der Waals surface area contributed by atoms with Gasteiger partial charge >= 0.3 is 5.97 Å². The van der Waals surface area contributed by atoms with Crippen LogP contribution >= 0.6 is 0 Å². The van der Waals surface area contributed by atoms with E-state index in [2.05, 4.69) is 4.74 Å². The molecule has 88 valence electrons. The largest absolute Gasteiger partial charge is 0.504 e. The van der Waals surface area contributed by atoms with Crippen molar-refractivity contribution < 1.29 is 19.4 Å². The lowest BCUT2D eigenvalue weighted by Crippen LogP contribution is -1.95. The zero-order valence-electron chi connectivity index (χ0n) is 9.21. The van der Waals surface area contributed by atoms with E-state index in [-0.39, 0.29) is 18.1 Å². The van der Waals surface area contributed by atoms with Gasteiger partial charge in [-0.1, -0.05) is 6.07 Å². The molecule has 1 rings (SSSR count). The van der Waals surface area contributed by atoms with E-state index in [0.717, 1.165) is 0 Å². The number of rotatable bonds is 4. The summed E-state index contributed by atoms with van der Waals surface area (Å²) in [6.07, 6.45) is 2.77. The summed E-state index contributed by atoms with van der Waals surface area (Å²) in [4.78, 5) is 10.9. The Morgan fingerprint density at radius 3 is 3.00 bits per heavy atom. The fraction of sp³-hybridized carbons (Fsp3) is 0.167. The summed E-state index contributed by atoms with van der Waals surface area (Å²) < 4.78 is 9.44. The van der Waals surface area contributed by atoms with Crippen molar-refractivity contribution in [2.75, 3.05) is 13.7 Å². The van der Waals surface area contributed by atoms with Crippen molar-refractivity contribution in [1.82, 2.24) is 0 Å². The van der Waals surface area contributed by atoms with Gasteiger partial charge in [-0.15, -0.1) is 0 Å². The van der Waals surface area contributed by atoms with Gasteiger partial charge in [-0.2, -0.15) is 5.26 Å². The Labute approximate surface area is 98.5 Å². The number of ether oxygens (including phenoxy) is 2. The maximum Gasteiger partial charge on any atom is 0.330 e. The molecule has 0 heterocycles. The number of phenolic OH excluding ortho intramolecular Hbond substituents is 1. The van der Waals surface area contributed by atoms with Crippen molar-refractivity contribution in [3.63, 3.8) is 0 Å². The van der Waals surface area contributed by atoms with Crippen LogP contribution in [0.1, 0.15) is 5.56 Å². The summed E-state index contributed by atoms with van der Waals surface area (Å²) in [5.41, 5.74) is 0.654. The molecule has 0 amide bonds. The van der Waals surface area contributed by atoms with E-state index in [1.807, 2.05) is 0 Å². The van der Waals surface area contributed by atoms with E-state index in [0.29, 0.717) is 5.56 Å². The van der Waals surface area contributed by atoms with Crippen molar-refractivity contribution in [3.05, 3.63) is 29.8 Å². The Kier molecular flexibility index (Phi) is 4.58. The minimum absolute atomic E-state index is 0.0598. The zero-order valence-corrected chi connectivity index (χ0v) is 9.21. The smallest absolute Gasteiger partial charge is 0.330 e. The Bertz CT molecular complexity index is 474. The van der Waals surface area contributed by atoms with Crippen LogP contribution in [0.5, 0.6) is 11.5 Å². The molecule has 1 aromatic carbocycles. The van der Waals surface area contributed by atoms with Crippen LogP contribution in [-0.2, 0) is 9.53 Å². The van der Waals surface area contributed by atoms with Crippen molar-refractivity contribution in [2.45, 2.75) is 0 Å². The molecule has 1 N–H and O–H groups in total. The van der Waals surface area contributed by atoms with Gasteiger partial charge in [-0.3, -0.25) is 0 Å². The number of nitrogens with zero attached hydrogens (tertiary/aromatic N) is 1. The molecule has 0 aliphatic rings. The minimum Gasteiger partial charge on any atom is -0.504 e. The van der Waals surface area contributed by atoms with Gasteiger partial charge in [0, 0.05) is 6.08 Å². The van der Waals surface area contributed by atoms with Crippen LogP contribution < -0.4 is 4.74 Å². The summed E-state index contributed by atoms with van der Waals surface area (Å²) in [6, 6.07) is 6.34. The molecule has 0 atom stereocenters. The Hall–Kier alpha value is -2.48. The van der Waals surface area contributed by atoms with Gasteiger partial charge in [0.1, 0.15) is 6.07 Å². The number of esters is 1. The van der Waals surface area contributed by atoms with E-state index < -0.39 is 5.97 Å². The third-order valence-corrected chi connectivity index (χ3v) is 1.89. The first-order valence-electron chi connectivity index (χ1n) is 4.76. The number of phenols is 1. The Morgan fingerprint density at radius 2 is 2.35 bits per heavy atom. The number of aromatic hydroxyl groups is 1. The monoisotopic (exact) mass is 233 g/mol. The number of carbonyl (C=O) groups excluding carboxylic acids is 1. The van der Waals surface area contributed by atoms with Gasteiger partial charge in [0.2, 0.25) is 0 Å². The summed E-state index contributed by atoms with van der Waals surface area (Å²) in [5.74, 6) is -0.341. The molecule has 0 saturated carbocycles. The van der Waals surface area contributed by atoms with Gasteiger partial charge in [-0.25, -0.2) is 4.79 Å².